The summed E-state index contributed by atoms with van der Waals surface area (Å²) in [5.74, 6) is 2.71. The quantitative estimate of drug-likeness (QED) is 0.835. The molecule has 2 bridgehead atoms. The third kappa shape index (κ3) is 1.53. The summed E-state index contributed by atoms with van der Waals surface area (Å²) in [6.45, 7) is 2.75. The second kappa shape index (κ2) is 3.56. The number of nitrogens with two attached hydrogens (primary N) is 1. The van der Waals surface area contributed by atoms with E-state index in [-0.39, 0.29) is 0 Å². The van der Waals surface area contributed by atoms with Gasteiger partial charge in [-0.15, -0.1) is 11.3 Å². The first-order valence-electron chi connectivity index (χ1n) is 5.94. The molecule has 2 N–H and O–H groups in total. The van der Waals surface area contributed by atoms with Crippen LogP contribution in [0.5, 0.6) is 0 Å². The Morgan fingerprint density at radius 2 is 2.27 bits per heavy atom. The van der Waals surface area contributed by atoms with Gasteiger partial charge in [0, 0.05) is 17.3 Å². The molecule has 2 aliphatic rings. The van der Waals surface area contributed by atoms with Gasteiger partial charge in [0.2, 0.25) is 0 Å². The van der Waals surface area contributed by atoms with Gasteiger partial charge in [-0.25, -0.2) is 4.98 Å². The molecule has 15 heavy (non-hydrogen) atoms. The van der Waals surface area contributed by atoms with Crippen LogP contribution in [0.4, 0.5) is 0 Å². The third-order valence-corrected chi connectivity index (χ3v) is 5.46. The summed E-state index contributed by atoms with van der Waals surface area (Å²) >= 11 is 1.86. The SMILES string of the molecule is Cc1nc(C2CC3CCC2C3)sc1CN. The molecule has 3 heteroatoms. The monoisotopic (exact) mass is 222 g/mol. The molecule has 0 spiro atoms. The Kier molecular flexibility index (Phi) is 2.33. The van der Waals surface area contributed by atoms with E-state index in [9.17, 15) is 0 Å². The summed E-state index contributed by atoms with van der Waals surface area (Å²) in [6, 6.07) is 0. The van der Waals surface area contributed by atoms with Crippen LogP contribution < -0.4 is 5.73 Å². The van der Waals surface area contributed by atoms with Gasteiger partial charge in [-0.2, -0.15) is 0 Å². The van der Waals surface area contributed by atoms with Crippen LogP contribution in [-0.2, 0) is 6.54 Å². The lowest BCUT2D eigenvalue weighted by Gasteiger charge is -2.18. The third-order valence-electron chi connectivity index (χ3n) is 4.15. The van der Waals surface area contributed by atoms with Gasteiger partial charge < -0.3 is 5.73 Å². The maximum atomic E-state index is 5.71. The zero-order valence-electron chi connectivity index (χ0n) is 9.20. The average Bonchev–Trinajstić information content (AvgIpc) is 2.90. The van der Waals surface area contributed by atoms with Gasteiger partial charge in [-0.1, -0.05) is 6.42 Å². The molecule has 0 radical (unpaired) electrons. The molecule has 3 rings (SSSR count). The Labute approximate surface area is 94.9 Å². The van der Waals surface area contributed by atoms with Crippen molar-refractivity contribution >= 4 is 11.3 Å². The molecule has 3 unspecified atom stereocenters. The summed E-state index contributed by atoms with van der Waals surface area (Å²) < 4.78 is 0. The molecule has 0 aromatic carbocycles. The Bertz CT molecular complexity index is 372. The second-order valence-electron chi connectivity index (χ2n) is 5.05. The van der Waals surface area contributed by atoms with Crippen molar-refractivity contribution in [3.63, 3.8) is 0 Å². The molecule has 1 aromatic heterocycles. The van der Waals surface area contributed by atoms with E-state index < -0.39 is 0 Å². The number of nitrogens with zero attached hydrogens (tertiary/aromatic N) is 1. The van der Waals surface area contributed by atoms with Crippen molar-refractivity contribution < 1.29 is 0 Å². The summed E-state index contributed by atoms with van der Waals surface area (Å²) in [4.78, 5) is 6.01. The van der Waals surface area contributed by atoms with Crippen molar-refractivity contribution in [2.24, 2.45) is 17.6 Å². The Balaban J connectivity index is 1.87. The van der Waals surface area contributed by atoms with Crippen LogP contribution in [0.15, 0.2) is 0 Å². The molecule has 2 saturated carbocycles. The van der Waals surface area contributed by atoms with E-state index in [0.717, 1.165) is 17.8 Å². The Hall–Kier alpha value is -0.410. The van der Waals surface area contributed by atoms with Gasteiger partial charge in [0.05, 0.1) is 10.7 Å². The number of rotatable bonds is 2. The topological polar surface area (TPSA) is 38.9 Å². The fourth-order valence-corrected chi connectivity index (χ4v) is 4.50. The molecule has 1 heterocycles. The summed E-state index contributed by atoms with van der Waals surface area (Å²) in [7, 11) is 0. The van der Waals surface area contributed by atoms with E-state index in [1.54, 1.807) is 0 Å². The van der Waals surface area contributed by atoms with Crippen LogP contribution >= 0.6 is 11.3 Å². The summed E-state index contributed by atoms with van der Waals surface area (Å²) in [6.07, 6.45) is 5.75. The Morgan fingerprint density at radius 1 is 1.40 bits per heavy atom. The largest absolute Gasteiger partial charge is 0.326 e. The number of fused-ring (bicyclic) bond motifs is 2. The second-order valence-corrected chi connectivity index (χ2v) is 6.16. The molecular formula is C12H18N2S. The van der Waals surface area contributed by atoms with Crippen molar-refractivity contribution in [1.82, 2.24) is 4.98 Å². The highest BCUT2D eigenvalue weighted by molar-refractivity contribution is 7.11. The fourth-order valence-electron chi connectivity index (χ4n) is 3.35. The molecule has 2 aliphatic carbocycles. The normalized spacial score (nSPS) is 33.9. The van der Waals surface area contributed by atoms with Crippen molar-refractivity contribution in [2.45, 2.75) is 45.1 Å². The first-order valence-corrected chi connectivity index (χ1v) is 6.76. The maximum absolute atomic E-state index is 5.71. The molecule has 2 fully saturated rings. The van der Waals surface area contributed by atoms with Crippen LogP contribution in [0.1, 0.15) is 47.2 Å². The van der Waals surface area contributed by atoms with Crippen molar-refractivity contribution in [3.8, 4) is 0 Å². The van der Waals surface area contributed by atoms with E-state index in [4.69, 9.17) is 10.7 Å². The highest BCUT2D eigenvalue weighted by Crippen LogP contribution is 2.53. The van der Waals surface area contributed by atoms with Gasteiger partial charge in [0.1, 0.15) is 0 Å². The predicted molar refractivity (Wildman–Crippen MR) is 62.9 cm³/mol. The van der Waals surface area contributed by atoms with Crippen LogP contribution in [-0.4, -0.2) is 4.98 Å². The van der Waals surface area contributed by atoms with Gasteiger partial charge in [-0.3, -0.25) is 0 Å². The van der Waals surface area contributed by atoms with Crippen molar-refractivity contribution in [3.05, 3.63) is 15.6 Å². The van der Waals surface area contributed by atoms with Crippen molar-refractivity contribution in [2.75, 3.05) is 0 Å². The first-order chi connectivity index (χ1) is 7.28. The van der Waals surface area contributed by atoms with Gasteiger partial charge in [-0.05, 0) is 38.0 Å². The summed E-state index contributed by atoms with van der Waals surface area (Å²) in [5, 5.41) is 1.38. The van der Waals surface area contributed by atoms with Crippen LogP contribution in [0.25, 0.3) is 0 Å². The minimum absolute atomic E-state index is 0.657. The van der Waals surface area contributed by atoms with E-state index in [1.165, 1.54) is 41.3 Å². The molecule has 0 aliphatic heterocycles. The lowest BCUT2D eigenvalue weighted by Crippen LogP contribution is -2.07. The number of hydrogen-bond acceptors (Lipinski definition) is 3. The first kappa shape index (κ1) is 9.79. The molecule has 1 aromatic rings. The highest BCUT2D eigenvalue weighted by Gasteiger charge is 2.41. The van der Waals surface area contributed by atoms with Crippen molar-refractivity contribution in [1.29, 1.82) is 0 Å². The maximum Gasteiger partial charge on any atom is 0.0965 e. The number of aryl methyl sites for hydroxylation is 1. The number of aromatic nitrogens is 1. The minimum Gasteiger partial charge on any atom is -0.326 e. The molecular weight excluding hydrogens is 204 g/mol. The highest BCUT2D eigenvalue weighted by atomic mass is 32.1. The predicted octanol–water partition coefficient (Wildman–Crippen LogP) is 2.81. The zero-order chi connectivity index (χ0) is 10.4. The van der Waals surface area contributed by atoms with Crippen LogP contribution in [0.2, 0.25) is 0 Å². The molecule has 2 nitrogen and oxygen atoms in total. The lowest BCUT2D eigenvalue weighted by atomic mass is 9.89. The van der Waals surface area contributed by atoms with Gasteiger partial charge in [0.15, 0.2) is 0 Å². The van der Waals surface area contributed by atoms with E-state index in [0.29, 0.717) is 6.54 Å². The fraction of sp³-hybridized carbons (Fsp3) is 0.750. The molecule has 0 saturated heterocycles. The molecule has 0 amide bonds. The minimum atomic E-state index is 0.657. The van der Waals surface area contributed by atoms with E-state index >= 15 is 0 Å². The van der Waals surface area contributed by atoms with E-state index in [1.807, 2.05) is 11.3 Å². The van der Waals surface area contributed by atoms with Gasteiger partial charge in [0.25, 0.3) is 0 Å². The molecule has 82 valence electrons. The van der Waals surface area contributed by atoms with E-state index in [2.05, 4.69) is 6.92 Å². The zero-order valence-corrected chi connectivity index (χ0v) is 10.0. The summed E-state index contributed by atoms with van der Waals surface area (Å²) in [5.41, 5.74) is 6.88. The lowest BCUT2D eigenvalue weighted by molar-refractivity contribution is 0.418. The standard InChI is InChI=1S/C12H18N2S/c1-7-11(6-13)15-12(14-7)10-5-8-2-3-9(10)4-8/h8-10H,2-6,13H2,1H3. The van der Waals surface area contributed by atoms with Gasteiger partial charge >= 0.3 is 0 Å². The number of thiazole rings is 1. The smallest absolute Gasteiger partial charge is 0.0965 e. The Morgan fingerprint density at radius 3 is 2.80 bits per heavy atom. The van der Waals surface area contributed by atoms with Crippen LogP contribution in [0.3, 0.4) is 0 Å². The van der Waals surface area contributed by atoms with Crippen LogP contribution in [0, 0.1) is 18.8 Å². The average molecular weight is 222 g/mol. The molecule has 3 atom stereocenters. The number of hydrogen-bond donors (Lipinski definition) is 1.